The number of anilines is 3. The topological polar surface area (TPSA) is 159 Å². The van der Waals surface area contributed by atoms with Gasteiger partial charge in [0.15, 0.2) is 0 Å². The Bertz CT molecular complexity index is 1070. The fourth-order valence-electron chi connectivity index (χ4n) is 2.18. The van der Waals surface area contributed by atoms with Crippen LogP contribution in [-0.4, -0.2) is 20.2 Å². The van der Waals surface area contributed by atoms with Gasteiger partial charge in [-0.3, -0.25) is 14.5 Å². The van der Waals surface area contributed by atoms with Gasteiger partial charge in [-0.05, 0) is 48.5 Å². The molecule has 0 fully saturated rings. The van der Waals surface area contributed by atoms with Crippen molar-refractivity contribution >= 4 is 38.9 Å². The van der Waals surface area contributed by atoms with Gasteiger partial charge in [-0.2, -0.15) is 5.26 Å². The van der Waals surface area contributed by atoms with Crippen molar-refractivity contribution in [1.82, 2.24) is 0 Å². The monoisotopic (exact) mass is 399 g/mol. The second kappa shape index (κ2) is 8.34. The van der Waals surface area contributed by atoms with E-state index in [1.54, 1.807) is 30.3 Å². The van der Waals surface area contributed by atoms with E-state index < -0.39 is 21.8 Å². The molecule has 0 aliphatic carbocycles. The number of sulfonamides is 1. The van der Waals surface area contributed by atoms with E-state index in [2.05, 4.69) is 5.32 Å². The van der Waals surface area contributed by atoms with E-state index >= 15 is 0 Å². The predicted molar refractivity (Wildman–Crippen MR) is 104 cm³/mol. The number of hydrogen-bond acceptors (Lipinski definition) is 6. The highest BCUT2D eigenvalue weighted by molar-refractivity contribution is 7.89. The second-order valence-electron chi connectivity index (χ2n) is 5.66. The van der Waals surface area contributed by atoms with Crippen LogP contribution < -0.4 is 21.1 Å². The molecule has 0 atom stereocenters. The number of primary sulfonamides is 1. The Morgan fingerprint density at radius 1 is 1.11 bits per heavy atom. The Balaban J connectivity index is 2.27. The van der Waals surface area contributed by atoms with Crippen molar-refractivity contribution in [1.29, 1.82) is 5.26 Å². The van der Waals surface area contributed by atoms with Crippen LogP contribution in [0.5, 0.6) is 0 Å². The van der Waals surface area contributed by atoms with Gasteiger partial charge >= 0.3 is 0 Å². The number of nitriles is 1. The lowest BCUT2D eigenvalue weighted by molar-refractivity contribution is -0.116. The van der Waals surface area contributed by atoms with E-state index in [4.69, 9.17) is 10.9 Å². The Hall–Kier alpha value is -3.68. The van der Waals surface area contributed by atoms with Gasteiger partial charge in [-0.25, -0.2) is 13.6 Å². The maximum atomic E-state index is 12.4. The highest BCUT2D eigenvalue weighted by Crippen LogP contribution is 2.19. The summed E-state index contributed by atoms with van der Waals surface area (Å²) in [7, 11) is -3.86. The van der Waals surface area contributed by atoms with Crippen LogP contribution in [0.3, 0.4) is 0 Å². The minimum atomic E-state index is -3.86. The lowest BCUT2D eigenvalue weighted by Crippen LogP contribution is -2.25. The molecule has 0 bridgehead atoms. The molecule has 2 rings (SSSR count). The molecule has 5 N–H and O–H groups in total. The van der Waals surface area contributed by atoms with Crippen molar-refractivity contribution in [2.45, 2.75) is 11.8 Å². The van der Waals surface area contributed by atoms with E-state index in [1.807, 2.05) is 0 Å². The lowest BCUT2D eigenvalue weighted by Gasteiger charge is -2.17. The predicted octanol–water partition coefficient (Wildman–Crippen LogP) is 1.32. The molecule has 0 aliphatic rings. The summed E-state index contributed by atoms with van der Waals surface area (Å²) in [5, 5.41) is 16.8. The number of nitrogens with two attached hydrogens (primary N) is 2. The minimum absolute atomic E-state index is 0.118. The number of carbonyl (C=O) groups excluding carboxylic acids is 2. The van der Waals surface area contributed by atoms with Gasteiger partial charge in [-0.15, -0.1) is 0 Å². The maximum absolute atomic E-state index is 12.4. The van der Waals surface area contributed by atoms with Crippen molar-refractivity contribution in [3.63, 3.8) is 0 Å². The molecule has 0 spiro atoms. The molecular formula is C18H17N5O4S. The van der Waals surface area contributed by atoms with Crippen molar-refractivity contribution < 1.29 is 18.0 Å². The summed E-state index contributed by atoms with van der Waals surface area (Å²) in [4.78, 5) is 25.3. The van der Waals surface area contributed by atoms with E-state index in [1.165, 1.54) is 31.2 Å². The summed E-state index contributed by atoms with van der Waals surface area (Å²) in [6, 6.07) is 13.1. The zero-order valence-corrected chi connectivity index (χ0v) is 15.6. The van der Waals surface area contributed by atoms with E-state index in [-0.39, 0.29) is 16.2 Å². The molecule has 0 radical (unpaired) electrons. The van der Waals surface area contributed by atoms with Crippen LogP contribution >= 0.6 is 0 Å². The van der Waals surface area contributed by atoms with Crippen molar-refractivity contribution in [2.75, 3.05) is 16.0 Å². The van der Waals surface area contributed by atoms with Gasteiger partial charge in [0, 0.05) is 30.2 Å². The summed E-state index contributed by atoms with van der Waals surface area (Å²) >= 11 is 0. The fourth-order valence-corrected chi connectivity index (χ4v) is 2.69. The van der Waals surface area contributed by atoms with Crippen LogP contribution in [0.4, 0.5) is 17.1 Å². The zero-order chi connectivity index (χ0) is 20.9. The van der Waals surface area contributed by atoms with Gasteiger partial charge in [0.2, 0.25) is 15.9 Å². The summed E-state index contributed by atoms with van der Waals surface area (Å²) in [6.45, 7) is 1.28. The third-order valence-electron chi connectivity index (χ3n) is 3.57. The highest BCUT2D eigenvalue weighted by Gasteiger charge is 2.16. The average Bonchev–Trinajstić information content (AvgIpc) is 2.63. The van der Waals surface area contributed by atoms with Gasteiger partial charge in [0.1, 0.15) is 11.6 Å². The minimum Gasteiger partial charge on any atom is -0.399 e. The Morgan fingerprint density at radius 2 is 1.68 bits per heavy atom. The summed E-state index contributed by atoms with van der Waals surface area (Å²) in [5.74, 6) is -1.18. The van der Waals surface area contributed by atoms with Crippen LogP contribution in [0.1, 0.15) is 6.92 Å². The molecule has 9 nitrogen and oxygen atoms in total. The molecule has 2 aromatic carbocycles. The number of hydrogen-bond donors (Lipinski definition) is 3. The smallest absolute Gasteiger partial charge is 0.267 e. The Kier molecular flexibility index (Phi) is 6.15. The van der Waals surface area contributed by atoms with Crippen LogP contribution in [-0.2, 0) is 19.6 Å². The van der Waals surface area contributed by atoms with Crippen LogP contribution in [0.15, 0.2) is 65.2 Å². The molecule has 144 valence electrons. The molecule has 0 saturated heterocycles. The van der Waals surface area contributed by atoms with Gasteiger partial charge < -0.3 is 11.1 Å². The molecular weight excluding hydrogens is 382 g/mol. The number of nitrogens with one attached hydrogen (secondary N) is 1. The molecule has 2 amide bonds. The standard InChI is InChI=1S/C18H17N5O4S/c1-12(24)23(16-6-2-14(20)3-7-16)11-13(10-19)18(25)22-15-4-8-17(9-5-15)28(21,26)27/h2-9,11H,20H2,1H3,(H,22,25)(H2,21,26,27)/b13-11-. The Morgan fingerprint density at radius 3 is 2.14 bits per heavy atom. The molecule has 0 heterocycles. The number of nitrogen functional groups attached to an aromatic ring is 1. The SMILES string of the molecule is CC(=O)N(/C=C(/C#N)C(=O)Nc1ccc(S(N)(=O)=O)cc1)c1ccc(N)cc1. The lowest BCUT2D eigenvalue weighted by atomic mass is 10.2. The summed E-state index contributed by atoms with van der Waals surface area (Å²) in [5.41, 5.74) is 6.47. The van der Waals surface area contributed by atoms with Gasteiger partial charge in [0.05, 0.1) is 4.90 Å². The second-order valence-corrected chi connectivity index (χ2v) is 7.22. The molecule has 10 heteroatoms. The third-order valence-corrected chi connectivity index (χ3v) is 4.50. The van der Waals surface area contributed by atoms with Crippen molar-refractivity contribution in [3.05, 3.63) is 60.3 Å². The first kappa shape index (κ1) is 20.6. The molecule has 0 aromatic heterocycles. The quantitative estimate of drug-likeness (QED) is 0.390. The van der Waals surface area contributed by atoms with Crippen molar-refractivity contribution in [2.24, 2.45) is 5.14 Å². The fraction of sp³-hybridized carbons (Fsp3) is 0.0556. The molecule has 0 aliphatic heterocycles. The van der Waals surface area contributed by atoms with E-state index in [9.17, 15) is 23.3 Å². The molecule has 0 unspecified atom stereocenters. The average molecular weight is 399 g/mol. The largest absolute Gasteiger partial charge is 0.399 e. The van der Waals surface area contributed by atoms with Crippen molar-refractivity contribution in [3.8, 4) is 6.07 Å². The highest BCUT2D eigenvalue weighted by atomic mass is 32.2. The number of carbonyl (C=O) groups is 2. The number of benzene rings is 2. The van der Waals surface area contributed by atoms with Gasteiger partial charge in [-0.1, -0.05) is 0 Å². The first-order chi connectivity index (χ1) is 13.1. The van der Waals surface area contributed by atoms with E-state index in [0.29, 0.717) is 11.4 Å². The molecule has 2 aromatic rings. The summed E-state index contributed by atoms with van der Waals surface area (Å²) in [6.07, 6.45) is 1.11. The Labute approximate surface area is 161 Å². The number of amides is 2. The van der Waals surface area contributed by atoms with E-state index in [0.717, 1.165) is 11.1 Å². The first-order valence-electron chi connectivity index (χ1n) is 7.83. The maximum Gasteiger partial charge on any atom is 0.267 e. The van der Waals surface area contributed by atoms with Crippen LogP contribution in [0, 0.1) is 11.3 Å². The van der Waals surface area contributed by atoms with Gasteiger partial charge in [0.25, 0.3) is 5.91 Å². The third kappa shape index (κ3) is 5.16. The zero-order valence-electron chi connectivity index (χ0n) is 14.8. The number of nitrogens with zero attached hydrogens (tertiary/aromatic N) is 2. The number of rotatable bonds is 5. The van der Waals surface area contributed by atoms with Crippen LogP contribution in [0.2, 0.25) is 0 Å². The normalized spacial score (nSPS) is 11.4. The summed E-state index contributed by atoms with van der Waals surface area (Å²) < 4.78 is 22.5. The first-order valence-corrected chi connectivity index (χ1v) is 9.38. The van der Waals surface area contributed by atoms with Crippen LogP contribution in [0.25, 0.3) is 0 Å². The molecule has 0 saturated carbocycles. The molecule has 28 heavy (non-hydrogen) atoms.